The molecule has 108 valence electrons. The number of carbonyl (C=O) groups is 2. The first-order valence-corrected chi connectivity index (χ1v) is 7.56. The Bertz CT molecular complexity index is 313. The smallest absolute Gasteiger partial charge is 0.222 e. The van der Waals surface area contributed by atoms with Gasteiger partial charge < -0.3 is 9.64 Å². The van der Waals surface area contributed by atoms with E-state index in [0.717, 1.165) is 38.7 Å². The standard InChI is InChI=1S/C15H25NO3/c1-16(12-5-7-13(17)8-6-12)15(18)10-9-14-4-2-3-11-19-14/h12,14H,2-11H2,1H3. The van der Waals surface area contributed by atoms with Crippen LogP contribution < -0.4 is 0 Å². The maximum Gasteiger partial charge on any atom is 0.222 e. The van der Waals surface area contributed by atoms with Gasteiger partial charge in [-0.25, -0.2) is 0 Å². The van der Waals surface area contributed by atoms with Crippen molar-refractivity contribution in [2.45, 2.75) is 69.9 Å². The van der Waals surface area contributed by atoms with Gasteiger partial charge >= 0.3 is 0 Å². The molecular weight excluding hydrogens is 242 g/mol. The summed E-state index contributed by atoms with van der Waals surface area (Å²) >= 11 is 0. The molecule has 1 amide bonds. The predicted octanol–water partition coefficient (Wildman–Crippen LogP) is 2.31. The van der Waals surface area contributed by atoms with E-state index < -0.39 is 0 Å². The third-order valence-corrected chi connectivity index (χ3v) is 4.41. The molecule has 0 radical (unpaired) electrons. The molecule has 1 unspecified atom stereocenters. The molecule has 2 rings (SSSR count). The molecule has 1 aliphatic carbocycles. The number of hydrogen-bond donors (Lipinski definition) is 0. The zero-order valence-corrected chi connectivity index (χ0v) is 11.9. The Morgan fingerprint density at radius 1 is 1.26 bits per heavy atom. The Morgan fingerprint density at radius 2 is 2.00 bits per heavy atom. The van der Waals surface area contributed by atoms with Crippen molar-refractivity contribution in [1.29, 1.82) is 0 Å². The van der Waals surface area contributed by atoms with E-state index in [1.165, 1.54) is 6.42 Å². The van der Waals surface area contributed by atoms with Gasteiger partial charge in [0.2, 0.25) is 5.91 Å². The van der Waals surface area contributed by atoms with E-state index in [4.69, 9.17) is 4.74 Å². The highest BCUT2D eigenvalue weighted by Crippen LogP contribution is 2.22. The van der Waals surface area contributed by atoms with Crippen LogP contribution in [0.2, 0.25) is 0 Å². The minimum Gasteiger partial charge on any atom is -0.378 e. The molecule has 0 aromatic heterocycles. The molecule has 1 aliphatic heterocycles. The van der Waals surface area contributed by atoms with Gasteiger partial charge in [-0.05, 0) is 38.5 Å². The highest BCUT2D eigenvalue weighted by atomic mass is 16.5. The molecule has 0 aromatic rings. The normalized spacial score (nSPS) is 25.3. The van der Waals surface area contributed by atoms with Crippen LogP contribution >= 0.6 is 0 Å². The van der Waals surface area contributed by atoms with Gasteiger partial charge in [0, 0.05) is 39.0 Å². The van der Waals surface area contributed by atoms with Gasteiger partial charge in [0.05, 0.1) is 6.10 Å². The fourth-order valence-electron chi connectivity index (χ4n) is 3.01. The molecule has 2 fully saturated rings. The number of hydrogen-bond acceptors (Lipinski definition) is 3. The van der Waals surface area contributed by atoms with Gasteiger partial charge in [0.1, 0.15) is 5.78 Å². The number of amides is 1. The summed E-state index contributed by atoms with van der Waals surface area (Å²) in [7, 11) is 1.88. The summed E-state index contributed by atoms with van der Waals surface area (Å²) in [4.78, 5) is 25.2. The first-order valence-electron chi connectivity index (χ1n) is 7.56. The van der Waals surface area contributed by atoms with Crippen LogP contribution in [0.3, 0.4) is 0 Å². The van der Waals surface area contributed by atoms with E-state index in [1.807, 2.05) is 11.9 Å². The molecular formula is C15H25NO3. The largest absolute Gasteiger partial charge is 0.378 e. The Labute approximate surface area is 115 Å². The van der Waals surface area contributed by atoms with Crippen LogP contribution in [-0.2, 0) is 14.3 Å². The van der Waals surface area contributed by atoms with Crippen molar-refractivity contribution in [2.24, 2.45) is 0 Å². The number of rotatable bonds is 4. The van der Waals surface area contributed by atoms with Crippen molar-refractivity contribution in [1.82, 2.24) is 4.90 Å². The third-order valence-electron chi connectivity index (χ3n) is 4.41. The first kappa shape index (κ1) is 14.5. The number of Topliss-reactive ketones (excluding diaryl/α,β-unsaturated/α-hetero) is 1. The second-order valence-corrected chi connectivity index (χ2v) is 5.80. The van der Waals surface area contributed by atoms with E-state index in [9.17, 15) is 9.59 Å². The van der Waals surface area contributed by atoms with E-state index in [0.29, 0.717) is 25.0 Å². The van der Waals surface area contributed by atoms with Crippen molar-refractivity contribution in [3.8, 4) is 0 Å². The van der Waals surface area contributed by atoms with Gasteiger partial charge in [-0.15, -0.1) is 0 Å². The maximum absolute atomic E-state index is 12.2. The van der Waals surface area contributed by atoms with Crippen molar-refractivity contribution in [3.05, 3.63) is 0 Å². The van der Waals surface area contributed by atoms with Crippen LogP contribution in [0.15, 0.2) is 0 Å². The van der Waals surface area contributed by atoms with Crippen LogP contribution in [0.5, 0.6) is 0 Å². The highest BCUT2D eigenvalue weighted by molar-refractivity contribution is 5.80. The van der Waals surface area contributed by atoms with Crippen LogP contribution in [0, 0.1) is 0 Å². The van der Waals surface area contributed by atoms with Crippen LogP contribution in [-0.4, -0.2) is 42.4 Å². The number of ether oxygens (including phenoxy) is 1. The minimum absolute atomic E-state index is 0.202. The molecule has 4 nitrogen and oxygen atoms in total. The summed E-state index contributed by atoms with van der Waals surface area (Å²) < 4.78 is 5.65. The van der Waals surface area contributed by atoms with E-state index in [1.54, 1.807) is 0 Å². The lowest BCUT2D eigenvalue weighted by Gasteiger charge is -2.31. The summed E-state index contributed by atoms with van der Waals surface area (Å²) in [5.74, 6) is 0.543. The average molecular weight is 267 g/mol. The lowest BCUT2D eigenvalue weighted by atomic mass is 9.93. The van der Waals surface area contributed by atoms with Crippen molar-refractivity contribution < 1.29 is 14.3 Å². The summed E-state index contributed by atoms with van der Waals surface area (Å²) in [5, 5.41) is 0. The molecule has 1 saturated heterocycles. The molecule has 2 aliphatic rings. The molecule has 0 spiro atoms. The first-order chi connectivity index (χ1) is 9.16. The molecule has 0 aromatic carbocycles. The van der Waals surface area contributed by atoms with Gasteiger partial charge in [-0.2, -0.15) is 0 Å². The van der Waals surface area contributed by atoms with Gasteiger partial charge in [-0.1, -0.05) is 0 Å². The van der Waals surface area contributed by atoms with Crippen molar-refractivity contribution in [3.63, 3.8) is 0 Å². The Balaban J connectivity index is 1.71. The zero-order chi connectivity index (χ0) is 13.7. The second kappa shape index (κ2) is 7.04. The van der Waals surface area contributed by atoms with Crippen LogP contribution in [0.1, 0.15) is 57.8 Å². The molecule has 1 atom stereocenters. The fourth-order valence-corrected chi connectivity index (χ4v) is 3.01. The SMILES string of the molecule is CN(C(=O)CCC1CCCCO1)C1CCC(=O)CC1. The van der Waals surface area contributed by atoms with E-state index >= 15 is 0 Å². The minimum atomic E-state index is 0.202. The summed E-state index contributed by atoms with van der Waals surface area (Å²) in [5.41, 5.74) is 0. The molecule has 19 heavy (non-hydrogen) atoms. The monoisotopic (exact) mass is 267 g/mol. The molecule has 1 heterocycles. The molecule has 0 N–H and O–H groups in total. The molecule has 0 bridgehead atoms. The number of nitrogens with zero attached hydrogens (tertiary/aromatic N) is 1. The lowest BCUT2D eigenvalue weighted by molar-refractivity contribution is -0.135. The Hall–Kier alpha value is -0.900. The zero-order valence-electron chi connectivity index (χ0n) is 11.9. The topological polar surface area (TPSA) is 46.6 Å². The lowest BCUT2D eigenvalue weighted by Crippen LogP contribution is -2.39. The van der Waals surface area contributed by atoms with Gasteiger partial charge in [-0.3, -0.25) is 9.59 Å². The van der Waals surface area contributed by atoms with E-state index in [-0.39, 0.29) is 18.1 Å². The fraction of sp³-hybridized carbons (Fsp3) is 0.867. The van der Waals surface area contributed by atoms with Crippen LogP contribution in [0.25, 0.3) is 0 Å². The van der Waals surface area contributed by atoms with Gasteiger partial charge in [0.15, 0.2) is 0 Å². The maximum atomic E-state index is 12.2. The Kier molecular flexibility index (Phi) is 5.37. The van der Waals surface area contributed by atoms with Crippen molar-refractivity contribution >= 4 is 11.7 Å². The third kappa shape index (κ3) is 4.30. The number of ketones is 1. The molecule has 4 heteroatoms. The van der Waals surface area contributed by atoms with E-state index in [2.05, 4.69) is 0 Å². The average Bonchev–Trinajstić information content (AvgIpc) is 2.46. The number of carbonyl (C=O) groups excluding carboxylic acids is 2. The quantitative estimate of drug-likeness (QED) is 0.785. The van der Waals surface area contributed by atoms with Gasteiger partial charge in [0.25, 0.3) is 0 Å². The molecule has 1 saturated carbocycles. The summed E-state index contributed by atoms with van der Waals surface area (Å²) in [6, 6.07) is 0.262. The van der Waals surface area contributed by atoms with Crippen LogP contribution in [0.4, 0.5) is 0 Å². The Morgan fingerprint density at radius 3 is 2.63 bits per heavy atom. The second-order valence-electron chi connectivity index (χ2n) is 5.80. The predicted molar refractivity (Wildman–Crippen MR) is 72.9 cm³/mol. The van der Waals surface area contributed by atoms with Crippen molar-refractivity contribution in [2.75, 3.05) is 13.7 Å². The summed E-state index contributed by atoms with van der Waals surface area (Å²) in [6.07, 6.45) is 8.10. The highest BCUT2D eigenvalue weighted by Gasteiger charge is 2.25. The summed E-state index contributed by atoms with van der Waals surface area (Å²) in [6.45, 7) is 0.847.